The maximum atomic E-state index is 12.7. The van der Waals surface area contributed by atoms with Crippen molar-refractivity contribution in [2.24, 2.45) is 0 Å². The lowest BCUT2D eigenvalue weighted by Crippen LogP contribution is -2.57. The first-order valence-corrected chi connectivity index (χ1v) is 7.91. The molecule has 24 heavy (non-hydrogen) atoms. The summed E-state index contributed by atoms with van der Waals surface area (Å²) in [4.78, 5) is 26.7. The molecule has 0 aliphatic carbocycles. The van der Waals surface area contributed by atoms with Crippen molar-refractivity contribution in [3.8, 4) is 5.69 Å². The Morgan fingerprint density at radius 3 is 2.54 bits per heavy atom. The summed E-state index contributed by atoms with van der Waals surface area (Å²) < 4.78 is 1.41. The molecular weight excluding hydrogens is 328 g/mol. The van der Waals surface area contributed by atoms with Gasteiger partial charge in [0.1, 0.15) is 5.69 Å². The Hall–Kier alpha value is -2.05. The number of piperazine rings is 1. The van der Waals surface area contributed by atoms with Gasteiger partial charge < -0.3 is 10.2 Å². The minimum absolute atomic E-state index is 0. The third-order valence-corrected chi connectivity index (χ3v) is 4.54. The number of nitrogens with one attached hydrogen (secondary N) is 2. The van der Waals surface area contributed by atoms with Crippen LogP contribution in [-0.2, 0) is 0 Å². The van der Waals surface area contributed by atoms with E-state index in [2.05, 4.69) is 17.3 Å². The molecule has 1 aliphatic heterocycles. The SMILES string of the molecule is Cc1ccc(-n2[nH]c(C(=O)N3CCNC(C)C3C)cc2=O)cc1.Cl. The number of H-pyrrole nitrogens is 1. The van der Waals surface area contributed by atoms with E-state index in [-0.39, 0.29) is 36.0 Å². The lowest BCUT2D eigenvalue weighted by Gasteiger charge is -2.38. The van der Waals surface area contributed by atoms with Crippen LogP contribution >= 0.6 is 12.4 Å². The van der Waals surface area contributed by atoms with E-state index in [1.807, 2.05) is 43.0 Å². The Labute approximate surface area is 147 Å². The van der Waals surface area contributed by atoms with Crippen molar-refractivity contribution in [2.75, 3.05) is 13.1 Å². The predicted octanol–water partition coefficient (Wildman–Crippen LogP) is 1.72. The molecule has 0 radical (unpaired) electrons. The van der Waals surface area contributed by atoms with Gasteiger partial charge in [-0.25, -0.2) is 4.68 Å². The van der Waals surface area contributed by atoms with E-state index < -0.39 is 0 Å². The summed E-state index contributed by atoms with van der Waals surface area (Å²) in [5, 5.41) is 6.29. The third-order valence-electron chi connectivity index (χ3n) is 4.54. The molecule has 0 bridgehead atoms. The highest BCUT2D eigenvalue weighted by Crippen LogP contribution is 2.13. The number of amides is 1. The number of halogens is 1. The molecule has 0 saturated carbocycles. The highest BCUT2D eigenvalue weighted by Gasteiger charge is 2.29. The Bertz CT molecular complexity index is 766. The van der Waals surface area contributed by atoms with E-state index >= 15 is 0 Å². The van der Waals surface area contributed by atoms with Crippen molar-refractivity contribution in [3.63, 3.8) is 0 Å². The van der Waals surface area contributed by atoms with E-state index in [0.717, 1.165) is 17.8 Å². The summed E-state index contributed by atoms with van der Waals surface area (Å²) in [5.41, 5.74) is 1.94. The average Bonchev–Trinajstić information content (AvgIpc) is 2.92. The smallest absolute Gasteiger partial charge is 0.272 e. The Morgan fingerprint density at radius 1 is 1.21 bits per heavy atom. The van der Waals surface area contributed by atoms with Crippen LogP contribution in [0.2, 0.25) is 0 Å². The minimum atomic E-state index is -0.229. The fourth-order valence-corrected chi connectivity index (χ4v) is 2.89. The maximum absolute atomic E-state index is 12.7. The number of carbonyl (C=O) groups excluding carboxylic acids is 1. The molecule has 2 N–H and O–H groups in total. The summed E-state index contributed by atoms with van der Waals surface area (Å²) in [6.45, 7) is 7.47. The van der Waals surface area contributed by atoms with E-state index in [1.165, 1.54) is 10.7 Å². The van der Waals surface area contributed by atoms with E-state index in [1.54, 1.807) is 0 Å². The number of aromatic amines is 1. The number of aryl methyl sites for hydroxylation is 1. The second kappa shape index (κ2) is 7.23. The van der Waals surface area contributed by atoms with E-state index in [4.69, 9.17) is 0 Å². The quantitative estimate of drug-likeness (QED) is 0.866. The van der Waals surface area contributed by atoms with Crippen molar-refractivity contribution in [1.29, 1.82) is 0 Å². The molecule has 7 heteroatoms. The number of nitrogens with zero attached hydrogens (tertiary/aromatic N) is 2. The van der Waals surface area contributed by atoms with Crippen LogP contribution in [0, 0.1) is 6.92 Å². The molecule has 3 rings (SSSR count). The normalized spacial score (nSPS) is 20.5. The molecule has 1 fully saturated rings. The zero-order valence-corrected chi connectivity index (χ0v) is 14.9. The largest absolute Gasteiger partial charge is 0.332 e. The summed E-state index contributed by atoms with van der Waals surface area (Å²) in [7, 11) is 0. The van der Waals surface area contributed by atoms with Crippen LogP contribution in [0.3, 0.4) is 0 Å². The lowest BCUT2D eigenvalue weighted by molar-refractivity contribution is 0.0596. The number of benzene rings is 1. The highest BCUT2D eigenvalue weighted by atomic mass is 35.5. The molecule has 2 unspecified atom stereocenters. The number of hydrogen-bond donors (Lipinski definition) is 2. The van der Waals surface area contributed by atoms with Gasteiger partial charge in [0.2, 0.25) is 0 Å². The Kier molecular flexibility index (Phi) is 5.51. The van der Waals surface area contributed by atoms with Crippen molar-refractivity contribution < 1.29 is 4.79 Å². The number of hydrogen-bond acceptors (Lipinski definition) is 3. The van der Waals surface area contributed by atoms with Crippen molar-refractivity contribution >= 4 is 18.3 Å². The maximum Gasteiger partial charge on any atom is 0.272 e. The van der Waals surface area contributed by atoms with Gasteiger partial charge in [0.05, 0.1) is 5.69 Å². The second-order valence-corrected chi connectivity index (χ2v) is 6.16. The fourth-order valence-electron chi connectivity index (χ4n) is 2.89. The molecule has 1 aromatic carbocycles. The van der Waals surface area contributed by atoms with Gasteiger partial charge in [0.15, 0.2) is 0 Å². The van der Waals surface area contributed by atoms with Gasteiger partial charge in [0, 0.05) is 31.2 Å². The van der Waals surface area contributed by atoms with Crippen LogP contribution in [0.1, 0.15) is 29.9 Å². The summed E-state index contributed by atoms with van der Waals surface area (Å²) in [6.07, 6.45) is 0. The van der Waals surface area contributed by atoms with Crippen LogP contribution in [-0.4, -0.2) is 45.8 Å². The zero-order chi connectivity index (χ0) is 16.6. The summed E-state index contributed by atoms with van der Waals surface area (Å²) in [6, 6.07) is 9.28. The zero-order valence-electron chi connectivity index (χ0n) is 14.1. The highest BCUT2D eigenvalue weighted by molar-refractivity contribution is 5.92. The van der Waals surface area contributed by atoms with Gasteiger partial charge in [-0.3, -0.25) is 14.7 Å². The average molecular weight is 351 g/mol. The molecule has 2 aromatic rings. The number of rotatable bonds is 2. The number of carbonyl (C=O) groups is 1. The second-order valence-electron chi connectivity index (χ2n) is 6.16. The van der Waals surface area contributed by atoms with Crippen LogP contribution in [0.15, 0.2) is 35.1 Å². The van der Waals surface area contributed by atoms with Crippen molar-refractivity contribution in [2.45, 2.75) is 32.9 Å². The standard InChI is InChI=1S/C17H22N4O2.ClH/c1-11-4-6-14(7-5-11)21-16(22)10-15(19-21)17(23)20-9-8-18-12(2)13(20)3;/h4-7,10,12-13,18-19H,8-9H2,1-3H3;1H. The first-order valence-electron chi connectivity index (χ1n) is 7.91. The predicted molar refractivity (Wildman–Crippen MR) is 96.3 cm³/mol. The number of aromatic nitrogens is 2. The minimum Gasteiger partial charge on any atom is -0.332 e. The van der Waals surface area contributed by atoms with Gasteiger partial charge >= 0.3 is 0 Å². The van der Waals surface area contributed by atoms with Crippen LogP contribution in [0.5, 0.6) is 0 Å². The molecule has 1 amide bonds. The molecular formula is C17H23ClN4O2. The van der Waals surface area contributed by atoms with Gasteiger partial charge in [-0.1, -0.05) is 17.7 Å². The molecule has 1 saturated heterocycles. The lowest BCUT2D eigenvalue weighted by atomic mass is 10.1. The van der Waals surface area contributed by atoms with Gasteiger partial charge in [-0.05, 0) is 32.9 Å². The third kappa shape index (κ3) is 3.39. The van der Waals surface area contributed by atoms with Crippen LogP contribution < -0.4 is 10.9 Å². The molecule has 6 nitrogen and oxygen atoms in total. The first kappa shape index (κ1) is 18.3. The summed E-state index contributed by atoms with van der Waals surface area (Å²) >= 11 is 0. The molecule has 2 atom stereocenters. The van der Waals surface area contributed by atoms with E-state index in [9.17, 15) is 9.59 Å². The van der Waals surface area contributed by atoms with Gasteiger partial charge in [-0.2, -0.15) is 0 Å². The van der Waals surface area contributed by atoms with Crippen molar-refractivity contribution in [1.82, 2.24) is 20.0 Å². The molecule has 1 aliphatic rings. The molecule has 0 spiro atoms. The Morgan fingerprint density at radius 2 is 1.88 bits per heavy atom. The first-order chi connectivity index (χ1) is 11.0. The van der Waals surface area contributed by atoms with Gasteiger partial charge in [-0.15, -0.1) is 12.4 Å². The monoisotopic (exact) mass is 350 g/mol. The van der Waals surface area contributed by atoms with Crippen molar-refractivity contribution in [3.05, 3.63) is 51.9 Å². The molecule has 130 valence electrons. The van der Waals surface area contributed by atoms with Crippen LogP contribution in [0.25, 0.3) is 5.69 Å². The van der Waals surface area contributed by atoms with E-state index in [0.29, 0.717) is 12.2 Å². The summed E-state index contributed by atoms with van der Waals surface area (Å²) in [5.74, 6) is -0.131. The molecule has 2 heterocycles. The van der Waals surface area contributed by atoms with Gasteiger partial charge in [0.25, 0.3) is 11.5 Å². The molecule has 1 aromatic heterocycles. The Balaban J connectivity index is 0.00000208. The fraction of sp³-hybridized carbons (Fsp3) is 0.412. The topological polar surface area (TPSA) is 70.1 Å². The van der Waals surface area contributed by atoms with Crippen LogP contribution in [0.4, 0.5) is 0 Å².